The van der Waals surface area contributed by atoms with E-state index in [0.29, 0.717) is 5.92 Å². The van der Waals surface area contributed by atoms with Crippen LogP contribution >= 0.6 is 11.5 Å². The molecule has 2 aromatic heterocycles. The van der Waals surface area contributed by atoms with E-state index < -0.39 is 0 Å². The molecule has 1 aromatic carbocycles. The highest BCUT2D eigenvalue weighted by Gasteiger charge is 2.12. The first-order valence-corrected chi connectivity index (χ1v) is 6.25. The summed E-state index contributed by atoms with van der Waals surface area (Å²) < 4.78 is 6.67. The molecule has 0 N–H and O–H groups in total. The van der Waals surface area contributed by atoms with Gasteiger partial charge in [-0.05, 0) is 18.1 Å². The molecule has 0 aliphatic heterocycles. The van der Waals surface area contributed by atoms with Gasteiger partial charge in [-0.2, -0.15) is 4.37 Å². The average molecular weight is 231 g/mol. The van der Waals surface area contributed by atoms with Gasteiger partial charge in [0.25, 0.3) is 0 Å². The van der Waals surface area contributed by atoms with Crippen LogP contribution in [-0.4, -0.2) is 13.8 Å². The van der Waals surface area contributed by atoms with Crippen molar-refractivity contribution in [2.24, 2.45) is 5.92 Å². The van der Waals surface area contributed by atoms with Crippen LogP contribution in [0.15, 0.2) is 24.3 Å². The molecule has 82 valence electrons. The van der Waals surface area contributed by atoms with E-state index in [1.807, 2.05) is 18.2 Å². The summed E-state index contributed by atoms with van der Waals surface area (Å²) in [5.74, 6) is 1.75. The lowest BCUT2D eigenvalue weighted by Crippen LogP contribution is -1.99. The van der Waals surface area contributed by atoms with Crippen molar-refractivity contribution in [1.29, 1.82) is 0 Å². The summed E-state index contributed by atoms with van der Waals surface area (Å²) in [7, 11) is 0. The van der Waals surface area contributed by atoms with Crippen LogP contribution in [0.4, 0.5) is 0 Å². The summed E-state index contributed by atoms with van der Waals surface area (Å²) in [6.07, 6.45) is 1.00. The van der Waals surface area contributed by atoms with Crippen LogP contribution in [0.5, 0.6) is 0 Å². The fourth-order valence-electron chi connectivity index (χ4n) is 1.94. The van der Waals surface area contributed by atoms with Gasteiger partial charge in [0, 0.05) is 18.0 Å². The van der Waals surface area contributed by atoms with Crippen LogP contribution in [0.25, 0.3) is 16.0 Å². The third-order valence-corrected chi connectivity index (χ3v) is 3.35. The van der Waals surface area contributed by atoms with E-state index in [1.54, 1.807) is 0 Å². The Bertz CT molecular complexity index is 636. The summed E-state index contributed by atoms with van der Waals surface area (Å²) in [6, 6.07) is 8.23. The Morgan fingerprint density at radius 1 is 1.31 bits per heavy atom. The Labute approximate surface area is 97.9 Å². The van der Waals surface area contributed by atoms with Crippen LogP contribution in [0.1, 0.15) is 19.7 Å². The normalized spacial score (nSPS) is 11.9. The second-order valence-electron chi connectivity index (χ2n) is 4.42. The topological polar surface area (TPSA) is 30.2 Å². The van der Waals surface area contributed by atoms with Gasteiger partial charge in [-0.25, -0.2) is 4.98 Å². The molecular formula is C12H13N3S. The molecule has 3 rings (SSSR count). The minimum absolute atomic E-state index is 0.617. The molecule has 4 heteroatoms. The van der Waals surface area contributed by atoms with Crippen molar-refractivity contribution >= 4 is 27.5 Å². The number of imidazole rings is 1. The predicted octanol–water partition coefficient (Wildman–Crippen LogP) is 3.14. The van der Waals surface area contributed by atoms with Crippen molar-refractivity contribution in [2.45, 2.75) is 20.3 Å². The van der Waals surface area contributed by atoms with Crippen molar-refractivity contribution in [3.05, 3.63) is 30.1 Å². The highest BCUT2D eigenvalue weighted by molar-refractivity contribution is 7.11. The van der Waals surface area contributed by atoms with Crippen LogP contribution in [-0.2, 0) is 6.42 Å². The third kappa shape index (κ3) is 1.41. The molecule has 2 heterocycles. The quantitative estimate of drug-likeness (QED) is 0.678. The van der Waals surface area contributed by atoms with Gasteiger partial charge in [0.15, 0.2) is 0 Å². The van der Waals surface area contributed by atoms with Crippen molar-refractivity contribution in [3.63, 3.8) is 0 Å². The van der Waals surface area contributed by atoms with Gasteiger partial charge in [-0.3, -0.25) is 4.40 Å². The summed E-state index contributed by atoms with van der Waals surface area (Å²) in [5, 5.41) is 0. The lowest BCUT2D eigenvalue weighted by molar-refractivity contribution is 0.623. The molecular weight excluding hydrogens is 218 g/mol. The number of benzene rings is 1. The fourth-order valence-corrected chi connectivity index (χ4v) is 2.71. The number of rotatable bonds is 2. The number of hydrogen-bond acceptors (Lipinski definition) is 3. The van der Waals surface area contributed by atoms with Gasteiger partial charge in [-0.1, -0.05) is 26.0 Å². The largest absolute Gasteiger partial charge is 0.270 e. The Morgan fingerprint density at radius 3 is 2.94 bits per heavy atom. The molecule has 0 saturated heterocycles. The van der Waals surface area contributed by atoms with E-state index in [0.717, 1.165) is 22.7 Å². The Hall–Kier alpha value is -1.42. The summed E-state index contributed by atoms with van der Waals surface area (Å²) >= 11 is 1.48. The minimum Gasteiger partial charge on any atom is -0.270 e. The maximum Gasteiger partial charge on any atom is 0.214 e. The third-order valence-electron chi connectivity index (χ3n) is 2.61. The first-order valence-electron chi connectivity index (χ1n) is 5.47. The number of fused-ring (bicyclic) bond motifs is 3. The van der Waals surface area contributed by atoms with Crippen LogP contribution in [0.2, 0.25) is 0 Å². The fraction of sp³-hybridized carbons (Fsp3) is 0.333. The van der Waals surface area contributed by atoms with Gasteiger partial charge in [0.2, 0.25) is 4.96 Å². The maximum absolute atomic E-state index is 4.56. The van der Waals surface area contributed by atoms with Gasteiger partial charge in [0.05, 0.1) is 11.0 Å². The second kappa shape index (κ2) is 3.56. The standard InChI is InChI=1S/C12H13N3S/c1-8(2)7-11-14-16-12-13-9-5-3-4-6-10(9)15(11)12/h3-6,8H,7H2,1-2H3. The molecule has 3 aromatic rings. The molecule has 0 aliphatic rings. The lowest BCUT2D eigenvalue weighted by Gasteiger charge is -2.01. The van der Waals surface area contributed by atoms with Crippen LogP contribution < -0.4 is 0 Å². The molecule has 3 nitrogen and oxygen atoms in total. The molecule has 0 unspecified atom stereocenters. The van der Waals surface area contributed by atoms with Gasteiger partial charge in [0.1, 0.15) is 5.82 Å². The summed E-state index contributed by atoms with van der Waals surface area (Å²) in [6.45, 7) is 4.43. The molecule has 0 amide bonds. The average Bonchev–Trinajstić information content (AvgIpc) is 2.77. The van der Waals surface area contributed by atoms with E-state index in [4.69, 9.17) is 0 Å². The zero-order valence-corrected chi connectivity index (χ0v) is 10.2. The zero-order valence-electron chi connectivity index (χ0n) is 9.34. The first kappa shape index (κ1) is 9.78. The highest BCUT2D eigenvalue weighted by Crippen LogP contribution is 2.22. The molecule has 0 atom stereocenters. The van der Waals surface area contributed by atoms with E-state index in [1.165, 1.54) is 17.0 Å². The van der Waals surface area contributed by atoms with Crippen molar-refractivity contribution in [3.8, 4) is 0 Å². The van der Waals surface area contributed by atoms with Crippen LogP contribution in [0.3, 0.4) is 0 Å². The molecule has 0 aliphatic carbocycles. The summed E-state index contributed by atoms with van der Waals surface area (Å²) in [4.78, 5) is 5.56. The smallest absolute Gasteiger partial charge is 0.214 e. The molecule has 16 heavy (non-hydrogen) atoms. The van der Waals surface area contributed by atoms with Crippen LogP contribution in [0, 0.1) is 5.92 Å². The monoisotopic (exact) mass is 231 g/mol. The van der Waals surface area contributed by atoms with Gasteiger partial charge in [-0.15, -0.1) is 0 Å². The Kier molecular flexibility index (Phi) is 2.17. The number of hydrogen-bond donors (Lipinski definition) is 0. The minimum atomic E-state index is 0.617. The number of aromatic nitrogens is 3. The summed E-state index contributed by atoms with van der Waals surface area (Å²) in [5.41, 5.74) is 2.23. The van der Waals surface area contributed by atoms with Gasteiger partial charge < -0.3 is 0 Å². The molecule has 0 bridgehead atoms. The predicted molar refractivity (Wildman–Crippen MR) is 66.9 cm³/mol. The van der Waals surface area contributed by atoms with E-state index in [-0.39, 0.29) is 0 Å². The molecule has 0 saturated carbocycles. The molecule has 0 spiro atoms. The van der Waals surface area contributed by atoms with Crippen molar-refractivity contribution < 1.29 is 0 Å². The number of nitrogens with zero attached hydrogens (tertiary/aromatic N) is 3. The number of para-hydroxylation sites is 2. The second-order valence-corrected chi connectivity index (χ2v) is 5.15. The zero-order chi connectivity index (χ0) is 11.1. The molecule has 0 fully saturated rings. The molecule has 0 radical (unpaired) electrons. The van der Waals surface area contributed by atoms with E-state index in [2.05, 4.69) is 33.7 Å². The van der Waals surface area contributed by atoms with E-state index in [9.17, 15) is 0 Å². The maximum atomic E-state index is 4.56. The first-order chi connectivity index (χ1) is 7.75. The highest BCUT2D eigenvalue weighted by atomic mass is 32.1. The SMILES string of the molecule is CC(C)Cc1nsc2nc3ccccc3n12. The van der Waals surface area contributed by atoms with Crippen molar-refractivity contribution in [1.82, 2.24) is 13.8 Å². The Morgan fingerprint density at radius 2 is 2.12 bits per heavy atom. The Balaban J connectivity index is 2.30. The lowest BCUT2D eigenvalue weighted by atomic mass is 10.1. The van der Waals surface area contributed by atoms with Crippen molar-refractivity contribution in [2.75, 3.05) is 0 Å². The van der Waals surface area contributed by atoms with Gasteiger partial charge >= 0.3 is 0 Å². The van der Waals surface area contributed by atoms with E-state index >= 15 is 0 Å².